The molecule has 0 amide bonds. The summed E-state index contributed by atoms with van der Waals surface area (Å²) in [6.45, 7) is 3.39. The fraction of sp³-hybridized carbons (Fsp3) is 0.308. The molecule has 0 aromatic heterocycles. The van der Waals surface area contributed by atoms with E-state index in [1.165, 1.54) is 14.0 Å². The minimum absolute atomic E-state index is 0.427. The number of carboxylic acid groups (broad SMARTS) is 1. The maximum atomic E-state index is 10.7. The van der Waals surface area contributed by atoms with E-state index < -0.39 is 12.1 Å². The molecule has 0 aliphatic rings. The first kappa shape index (κ1) is 13.1. The van der Waals surface area contributed by atoms with Gasteiger partial charge in [-0.2, -0.15) is 0 Å². The Morgan fingerprint density at radius 1 is 1.41 bits per heavy atom. The van der Waals surface area contributed by atoms with Crippen LogP contribution in [-0.2, 0) is 4.79 Å². The lowest BCUT2D eigenvalue weighted by molar-refractivity contribution is -0.144. The summed E-state index contributed by atoms with van der Waals surface area (Å²) in [7, 11) is 1.52. The van der Waals surface area contributed by atoms with Crippen molar-refractivity contribution in [2.45, 2.75) is 20.0 Å². The van der Waals surface area contributed by atoms with Gasteiger partial charge in [-0.1, -0.05) is 18.2 Å². The summed E-state index contributed by atoms with van der Waals surface area (Å²) in [5.41, 5.74) is 0.972. The number of carbonyl (C=O) groups is 1. The van der Waals surface area contributed by atoms with Crippen molar-refractivity contribution < 1.29 is 19.4 Å². The highest BCUT2D eigenvalue weighted by Gasteiger charge is 2.15. The zero-order valence-corrected chi connectivity index (χ0v) is 10.1. The highest BCUT2D eigenvalue weighted by molar-refractivity contribution is 5.72. The van der Waals surface area contributed by atoms with Crippen molar-refractivity contribution in [1.82, 2.24) is 0 Å². The van der Waals surface area contributed by atoms with Crippen LogP contribution < -0.4 is 9.47 Å². The molecule has 0 aliphatic heterocycles. The van der Waals surface area contributed by atoms with Gasteiger partial charge >= 0.3 is 5.97 Å². The zero-order chi connectivity index (χ0) is 12.8. The summed E-state index contributed by atoms with van der Waals surface area (Å²) < 4.78 is 10.4. The summed E-state index contributed by atoms with van der Waals surface area (Å²) in [6.07, 6.45) is 2.93. The van der Waals surface area contributed by atoms with Gasteiger partial charge in [-0.05, 0) is 31.5 Å². The second-order valence-electron chi connectivity index (χ2n) is 3.51. The minimum Gasteiger partial charge on any atom is -0.493 e. The fourth-order valence-corrected chi connectivity index (χ4v) is 1.32. The maximum absolute atomic E-state index is 10.7. The summed E-state index contributed by atoms with van der Waals surface area (Å²) in [5.74, 6) is -0.0612. The number of methoxy groups -OCH3 is 1. The Bertz CT molecular complexity index is 423. The number of ether oxygens (including phenoxy) is 2. The van der Waals surface area contributed by atoms with Gasteiger partial charge in [0.2, 0.25) is 0 Å². The normalized spacial score (nSPS) is 12.4. The van der Waals surface area contributed by atoms with Crippen LogP contribution in [0, 0.1) is 0 Å². The molecule has 0 spiro atoms. The molecule has 0 heterocycles. The molecule has 0 saturated heterocycles. The highest BCUT2D eigenvalue weighted by atomic mass is 16.5. The molecule has 0 fully saturated rings. The molecule has 1 N–H and O–H groups in total. The van der Waals surface area contributed by atoms with Gasteiger partial charge in [0, 0.05) is 0 Å². The number of allylic oxidation sites excluding steroid dienone is 1. The van der Waals surface area contributed by atoms with Crippen LogP contribution in [0.2, 0.25) is 0 Å². The van der Waals surface area contributed by atoms with Gasteiger partial charge in [0.1, 0.15) is 0 Å². The molecular formula is C13H16O4. The average Bonchev–Trinajstić information content (AvgIpc) is 2.31. The van der Waals surface area contributed by atoms with E-state index in [0.717, 1.165) is 5.56 Å². The molecule has 1 rings (SSSR count). The molecule has 17 heavy (non-hydrogen) atoms. The molecule has 0 bridgehead atoms. The van der Waals surface area contributed by atoms with Gasteiger partial charge < -0.3 is 14.6 Å². The predicted molar refractivity (Wildman–Crippen MR) is 65.4 cm³/mol. The lowest BCUT2D eigenvalue weighted by Gasteiger charge is -2.14. The molecular weight excluding hydrogens is 220 g/mol. The van der Waals surface area contributed by atoms with Gasteiger partial charge in [0.05, 0.1) is 7.11 Å². The van der Waals surface area contributed by atoms with Crippen LogP contribution in [0.4, 0.5) is 0 Å². The molecule has 4 nitrogen and oxygen atoms in total. The first-order chi connectivity index (χ1) is 8.08. The number of rotatable bonds is 5. The van der Waals surface area contributed by atoms with Gasteiger partial charge in [-0.3, -0.25) is 0 Å². The maximum Gasteiger partial charge on any atom is 0.344 e. The first-order valence-corrected chi connectivity index (χ1v) is 5.28. The van der Waals surface area contributed by atoms with E-state index in [1.54, 1.807) is 12.1 Å². The van der Waals surface area contributed by atoms with Crippen molar-refractivity contribution >= 4 is 12.0 Å². The number of carboxylic acids is 1. The third-order valence-corrected chi connectivity index (χ3v) is 2.20. The average molecular weight is 236 g/mol. The van der Waals surface area contributed by atoms with Crippen molar-refractivity contribution in [1.29, 1.82) is 0 Å². The Kier molecular flexibility index (Phi) is 4.57. The minimum atomic E-state index is -1.01. The number of hydrogen-bond acceptors (Lipinski definition) is 3. The second kappa shape index (κ2) is 5.94. The summed E-state index contributed by atoms with van der Waals surface area (Å²) in [6, 6.07) is 5.34. The molecule has 1 atom stereocenters. The number of hydrogen-bond donors (Lipinski definition) is 1. The monoisotopic (exact) mass is 236 g/mol. The number of aliphatic carboxylic acids is 1. The third kappa shape index (κ3) is 3.52. The second-order valence-corrected chi connectivity index (χ2v) is 3.51. The summed E-state index contributed by atoms with van der Waals surface area (Å²) in [5, 5.41) is 8.77. The molecule has 4 heteroatoms. The van der Waals surface area contributed by atoms with Gasteiger partial charge in [0.25, 0.3) is 0 Å². The van der Waals surface area contributed by atoms with E-state index in [1.807, 2.05) is 25.1 Å². The topological polar surface area (TPSA) is 55.8 Å². The molecule has 0 unspecified atom stereocenters. The van der Waals surface area contributed by atoms with Crippen molar-refractivity contribution in [2.24, 2.45) is 0 Å². The molecule has 1 aromatic rings. The van der Waals surface area contributed by atoms with E-state index in [0.29, 0.717) is 11.5 Å². The van der Waals surface area contributed by atoms with E-state index >= 15 is 0 Å². The molecule has 1 aromatic carbocycles. The predicted octanol–water partition coefficient (Wildman–Crippen LogP) is 2.58. The Balaban J connectivity index is 2.96. The van der Waals surface area contributed by atoms with Crippen LogP contribution in [-0.4, -0.2) is 24.3 Å². The van der Waals surface area contributed by atoms with E-state index in [2.05, 4.69) is 0 Å². The van der Waals surface area contributed by atoms with Gasteiger partial charge in [-0.15, -0.1) is 0 Å². The van der Waals surface area contributed by atoms with Crippen LogP contribution in [0.3, 0.4) is 0 Å². The Morgan fingerprint density at radius 3 is 2.65 bits per heavy atom. The van der Waals surface area contributed by atoms with E-state index in [4.69, 9.17) is 14.6 Å². The summed E-state index contributed by atoms with van der Waals surface area (Å²) >= 11 is 0. The van der Waals surface area contributed by atoms with Crippen LogP contribution in [0.15, 0.2) is 24.3 Å². The number of benzene rings is 1. The molecule has 92 valence electrons. The van der Waals surface area contributed by atoms with Gasteiger partial charge in [0.15, 0.2) is 17.6 Å². The fourth-order valence-electron chi connectivity index (χ4n) is 1.32. The summed E-state index contributed by atoms with van der Waals surface area (Å²) in [4.78, 5) is 10.7. The van der Waals surface area contributed by atoms with Crippen LogP contribution >= 0.6 is 0 Å². The van der Waals surface area contributed by atoms with Crippen LogP contribution in [0.1, 0.15) is 19.4 Å². The third-order valence-electron chi connectivity index (χ3n) is 2.20. The lowest BCUT2D eigenvalue weighted by Crippen LogP contribution is -2.23. The first-order valence-electron chi connectivity index (χ1n) is 5.28. The molecule has 0 saturated carbocycles. The standard InChI is InChI=1S/C13H16O4/c1-4-5-10-6-7-11(12(8-10)16-3)17-9(2)13(14)15/h4-9H,1-3H3,(H,14,15)/b5-4+/t9-/m0/s1. The van der Waals surface area contributed by atoms with Crippen molar-refractivity contribution in [3.8, 4) is 11.5 Å². The van der Waals surface area contributed by atoms with E-state index in [-0.39, 0.29) is 0 Å². The molecule has 0 radical (unpaired) electrons. The van der Waals surface area contributed by atoms with Crippen molar-refractivity contribution in [3.63, 3.8) is 0 Å². The Labute approximate surface area is 100 Å². The van der Waals surface area contributed by atoms with Crippen LogP contribution in [0.25, 0.3) is 6.08 Å². The lowest BCUT2D eigenvalue weighted by atomic mass is 10.2. The van der Waals surface area contributed by atoms with Crippen LogP contribution in [0.5, 0.6) is 11.5 Å². The zero-order valence-electron chi connectivity index (χ0n) is 10.1. The Hall–Kier alpha value is -1.97. The van der Waals surface area contributed by atoms with E-state index in [9.17, 15) is 4.79 Å². The quantitative estimate of drug-likeness (QED) is 0.853. The smallest absolute Gasteiger partial charge is 0.344 e. The highest BCUT2D eigenvalue weighted by Crippen LogP contribution is 2.29. The SMILES string of the molecule is C/C=C/c1ccc(O[C@@H](C)C(=O)O)c(OC)c1. The van der Waals surface area contributed by atoms with Crippen molar-refractivity contribution in [2.75, 3.05) is 7.11 Å². The Morgan fingerprint density at radius 2 is 2.12 bits per heavy atom. The molecule has 0 aliphatic carbocycles. The largest absolute Gasteiger partial charge is 0.493 e. The van der Waals surface area contributed by atoms with Crippen molar-refractivity contribution in [3.05, 3.63) is 29.8 Å². The van der Waals surface area contributed by atoms with Gasteiger partial charge in [-0.25, -0.2) is 4.79 Å².